The lowest BCUT2D eigenvalue weighted by Crippen LogP contribution is -2.36. The number of halogens is 1. The number of rotatable bonds is 6. The third-order valence-corrected chi connectivity index (χ3v) is 8.07. The lowest BCUT2D eigenvalue weighted by molar-refractivity contribution is 0.102. The molecule has 0 radical (unpaired) electrons. The second-order valence-corrected chi connectivity index (χ2v) is 10.8. The van der Waals surface area contributed by atoms with Crippen LogP contribution in [0.25, 0.3) is 28.5 Å². The standard InChI is InChI=1S/C28H26ClN9O3S/c1-16-23(27(40)38(36(16)2)19-5-3-4-17(29)12-19)26(39)33-18-6-7-20(31-13-18)24-25(30)32-14-21(34-24)22-15-42-28(35-22)37-8-10-41-11-9-37/h3-7,12-15H,8-11H2,1-2H3,(H2,30,32)(H,33,39). The Labute approximate surface area is 249 Å². The quantitative estimate of drug-likeness (QED) is 0.296. The Hall–Kier alpha value is -4.59. The minimum atomic E-state index is -0.552. The number of benzene rings is 1. The third kappa shape index (κ3) is 5.24. The first-order valence-corrected chi connectivity index (χ1v) is 14.3. The Balaban J connectivity index is 1.22. The number of ether oxygens (including phenoxy) is 1. The summed E-state index contributed by atoms with van der Waals surface area (Å²) in [5.41, 5.74) is 9.31. The van der Waals surface area contributed by atoms with Crippen molar-refractivity contribution >= 4 is 45.5 Å². The van der Waals surface area contributed by atoms with Gasteiger partial charge < -0.3 is 20.7 Å². The average Bonchev–Trinajstić information content (AvgIpc) is 3.57. The predicted octanol–water partition coefficient (Wildman–Crippen LogP) is 3.78. The van der Waals surface area contributed by atoms with Gasteiger partial charge in [-0.15, -0.1) is 11.3 Å². The number of pyridine rings is 1. The SMILES string of the molecule is Cc1c(C(=O)Nc2ccc(-c3nc(-c4csc(N5CCOCC5)n4)cnc3N)nc2)c(=O)n(-c2cccc(Cl)c2)n1C. The molecular weight excluding hydrogens is 578 g/mol. The zero-order valence-corrected chi connectivity index (χ0v) is 24.3. The third-order valence-electron chi connectivity index (χ3n) is 6.93. The minimum absolute atomic E-state index is 0.0177. The fraction of sp³-hybridized carbons (Fsp3) is 0.214. The van der Waals surface area contributed by atoms with Gasteiger partial charge in [0.15, 0.2) is 10.9 Å². The monoisotopic (exact) mass is 603 g/mol. The van der Waals surface area contributed by atoms with Gasteiger partial charge in [0.05, 0.1) is 48.4 Å². The Kier molecular flexibility index (Phi) is 7.45. The number of hydrogen-bond donors (Lipinski definition) is 2. The molecule has 42 heavy (non-hydrogen) atoms. The Morgan fingerprint density at radius 1 is 1.07 bits per heavy atom. The maximum atomic E-state index is 13.3. The first-order valence-electron chi connectivity index (χ1n) is 13.0. The number of nitrogen functional groups attached to an aromatic ring is 1. The first kappa shape index (κ1) is 27.6. The first-order chi connectivity index (χ1) is 20.3. The molecule has 214 valence electrons. The minimum Gasteiger partial charge on any atom is -0.382 e. The number of amides is 1. The molecule has 6 rings (SSSR count). The lowest BCUT2D eigenvalue weighted by atomic mass is 10.2. The molecule has 0 bridgehead atoms. The summed E-state index contributed by atoms with van der Waals surface area (Å²) in [6.45, 7) is 4.64. The van der Waals surface area contributed by atoms with E-state index in [1.54, 1.807) is 61.2 Å². The van der Waals surface area contributed by atoms with Crippen LogP contribution < -0.4 is 21.5 Å². The summed E-state index contributed by atoms with van der Waals surface area (Å²) in [6.07, 6.45) is 3.07. The van der Waals surface area contributed by atoms with Crippen LogP contribution in [0.1, 0.15) is 16.1 Å². The topological polar surface area (TPSA) is 146 Å². The van der Waals surface area contributed by atoms with E-state index in [-0.39, 0.29) is 11.4 Å². The molecule has 1 aliphatic rings. The number of morpholine rings is 1. The van der Waals surface area contributed by atoms with Crippen LogP contribution in [-0.4, -0.2) is 61.5 Å². The smallest absolute Gasteiger partial charge is 0.284 e. The van der Waals surface area contributed by atoms with Crippen molar-refractivity contribution in [2.45, 2.75) is 6.92 Å². The van der Waals surface area contributed by atoms with Gasteiger partial charge in [0.25, 0.3) is 11.5 Å². The number of anilines is 3. The van der Waals surface area contributed by atoms with Crippen LogP contribution in [0.4, 0.5) is 16.6 Å². The molecule has 14 heteroatoms. The summed E-state index contributed by atoms with van der Waals surface area (Å²) in [5.74, 6) is -0.336. The highest BCUT2D eigenvalue weighted by Gasteiger charge is 2.23. The largest absolute Gasteiger partial charge is 0.382 e. The van der Waals surface area contributed by atoms with Gasteiger partial charge in [0.2, 0.25) is 0 Å². The summed E-state index contributed by atoms with van der Waals surface area (Å²) in [6, 6.07) is 10.2. The Morgan fingerprint density at radius 2 is 1.88 bits per heavy atom. The van der Waals surface area contributed by atoms with Crippen molar-refractivity contribution in [2.24, 2.45) is 7.05 Å². The summed E-state index contributed by atoms with van der Waals surface area (Å²) < 4.78 is 8.44. The van der Waals surface area contributed by atoms with Crippen molar-refractivity contribution in [1.29, 1.82) is 0 Å². The number of nitrogens with two attached hydrogens (primary N) is 1. The molecular formula is C28H26ClN9O3S. The molecule has 0 aliphatic carbocycles. The number of thiazole rings is 1. The molecule has 5 heterocycles. The van der Waals surface area contributed by atoms with Gasteiger partial charge in [-0.2, -0.15) is 0 Å². The van der Waals surface area contributed by atoms with E-state index in [1.165, 1.54) is 22.2 Å². The highest BCUT2D eigenvalue weighted by molar-refractivity contribution is 7.14. The fourth-order valence-electron chi connectivity index (χ4n) is 4.66. The molecule has 1 amide bonds. The van der Waals surface area contributed by atoms with Crippen LogP contribution in [0.15, 0.2) is 59.0 Å². The van der Waals surface area contributed by atoms with E-state index in [0.29, 0.717) is 58.1 Å². The molecule has 0 spiro atoms. The maximum Gasteiger partial charge on any atom is 0.284 e. The van der Waals surface area contributed by atoms with Gasteiger partial charge in [-0.1, -0.05) is 17.7 Å². The normalized spacial score (nSPS) is 13.4. The summed E-state index contributed by atoms with van der Waals surface area (Å²) in [5, 5.41) is 6.09. The molecule has 3 N–H and O–H groups in total. The van der Waals surface area contributed by atoms with Gasteiger partial charge >= 0.3 is 0 Å². The van der Waals surface area contributed by atoms with Crippen molar-refractivity contribution in [3.63, 3.8) is 0 Å². The van der Waals surface area contributed by atoms with Crippen LogP contribution >= 0.6 is 22.9 Å². The average molecular weight is 604 g/mol. The predicted molar refractivity (Wildman–Crippen MR) is 163 cm³/mol. The van der Waals surface area contributed by atoms with E-state index in [0.717, 1.165) is 18.2 Å². The van der Waals surface area contributed by atoms with Crippen LogP contribution in [0.2, 0.25) is 5.02 Å². The molecule has 12 nitrogen and oxygen atoms in total. The molecule has 1 aliphatic heterocycles. The van der Waals surface area contributed by atoms with Crippen molar-refractivity contribution in [2.75, 3.05) is 42.3 Å². The van der Waals surface area contributed by atoms with Crippen molar-refractivity contribution in [3.8, 4) is 28.5 Å². The van der Waals surface area contributed by atoms with E-state index in [4.69, 9.17) is 27.1 Å². The number of carbonyl (C=O) groups is 1. The lowest BCUT2D eigenvalue weighted by Gasteiger charge is -2.25. The molecule has 4 aromatic heterocycles. The van der Waals surface area contributed by atoms with Gasteiger partial charge in [0.1, 0.15) is 22.6 Å². The van der Waals surface area contributed by atoms with Crippen LogP contribution in [0, 0.1) is 6.92 Å². The van der Waals surface area contributed by atoms with E-state index < -0.39 is 11.5 Å². The van der Waals surface area contributed by atoms with Crippen molar-refractivity contribution in [3.05, 3.63) is 80.8 Å². The van der Waals surface area contributed by atoms with Crippen molar-refractivity contribution < 1.29 is 9.53 Å². The van der Waals surface area contributed by atoms with Gasteiger partial charge in [0, 0.05) is 30.5 Å². The molecule has 5 aromatic rings. The van der Waals surface area contributed by atoms with E-state index >= 15 is 0 Å². The fourth-order valence-corrected chi connectivity index (χ4v) is 5.72. The Morgan fingerprint density at radius 3 is 2.62 bits per heavy atom. The van der Waals surface area contributed by atoms with E-state index in [9.17, 15) is 9.59 Å². The highest BCUT2D eigenvalue weighted by Crippen LogP contribution is 2.29. The highest BCUT2D eigenvalue weighted by atomic mass is 35.5. The number of nitrogens with one attached hydrogen (secondary N) is 1. The van der Waals surface area contributed by atoms with Crippen molar-refractivity contribution in [1.82, 2.24) is 29.3 Å². The Bertz CT molecular complexity index is 1840. The summed E-state index contributed by atoms with van der Waals surface area (Å²) in [7, 11) is 1.71. The van der Waals surface area contributed by atoms with Gasteiger partial charge in [-0.25, -0.2) is 19.6 Å². The van der Waals surface area contributed by atoms with Crippen LogP contribution in [-0.2, 0) is 11.8 Å². The molecule has 1 aromatic carbocycles. The van der Waals surface area contributed by atoms with Gasteiger partial charge in [-0.3, -0.25) is 19.3 Å². The second kappa shape index (κ2) is 11.4. The molecule has 0 saturated carbocycles. The van der Waals surface area contributed by atoms with E-state index in [2.05, 4.69) is 25.2 Å². The number of hydrogen-bond acceptors (Lipinski definition) is 10. The van der Waals surface area contributed by atoms with Crippen LogP contribution in [0.5, 0.6) is 0 Å². The molecule has 0 atom stereocenters. The summed E-state index contributed by atoms with van der Waals surface area (Å²) in [4.78, 5) is 46.8. The summed E-state index contributed by atoms with van der Waals surface area (Å²) >= 11 is 7.66. The molecule has 1 saturated heterocycles. The van der Waals surface area contributed by atoms with Crippen LogP contribution in [0.3, 0.4) is 0 Å². The zero-order chi connectivity index (χ0) is 29.4. The number of nitrogens with zero attached hydrogens (tertiary/aromatic N) is 7. The second-order valence-electron chi connectivity index (χ2n) is 9.57. The van der Waals surface area contributed by atoms with Gasteiger partial charge in [-0.05, 0) is 37.3 Å². The number of carbonyl (C=O) groups excluding carboxylic acids is 1. The zero-order valence-electron chi connectivity index (χ0n) is 22.7. The van der Waals surface area contributed by atoms with E-state index in [1.807, 2.05) is 5.38 Å². The number of aromatic nitrogens is 6. The molecule has 0 unspecified atom stereocenters. The maximum absolute atomic E-state index is 13.3. The molecule has 1 fully saturated rings.